The SMILES string of the molecule is CCC1(C)CCCN(Cc2ccccc2S(=O)N2CCOCC2)C1. The summed E-state index contributed by atoms with van der Waals surface area (Å²) in [5.41, 5.74) is 1.64. The van der Waals surface area contributed by atoms with E-state index in [2.05, 4.69) is 30.9 Å². The summed E-state index contributed by atoms with van der Waals surface area (Å²) in [5.74, 6) is 0. The van der Waals surface area contributed by atoms with Crippen LogP contribution in [0.4, 0.5) is 0 Å². The van der Waals surface area contributed by atoms with Gasteiger partial charge in [-0.1, -0.05) is 32.0 Å². The molecule has 0 aliphatic carbocycles. The van der Waals surface area contributed by atoms with Gasteiger partial charge in [-0.15, -0.1) is 0 Å². The second kappa shape index (κ2) is 8.09. The van der Waals surface area contributed by atoms with Crippen molar-refractivity contribution in [2.45, 2.75) is 44.6 Å². The minimum Gasteiger partial charge on any atom is -0.379 e. The number of piperidine rings is 1. The highest BCUT2D eigenvalue weighted by Gasteiger charge is 2.30. The molecule has 0 bridgehead atoms. The minimum absolute atomic E-state index is 0.427. The summed E-state index contributed by atoms with van der Waals surface area (Å²) in [4.78, 5) is 3.52. The molecule has 3 rings (SSSR count). The van der Waals surface area contributed by atoms with E-state index in [1.807, 2.05) is 16.4 Å². The first kappa shape index (κ1) is 18.1. The Kier molecular flexibility index (Phi) is 6.08. The third kappa shape index (κ3) is 4.26. The summed E-state index contributed by atoms with van der Waals surface area (Å²) in [6, 6.07) is 8.25. The Hall–Kier alpha value is -0.750. The van der Waals surface area contributed by atoms with E-state index in [1.165, 1.54) is 24.8 Å². The van der Waals surface area contributed by atoms with Crippen molar-refractivity contribution in [3.8, 4) is 0 Å². The largest absolute Gasteiger partial charge is 0.379 e. The van der Waals surface area contributed by atoms with Gasteiger partial charge < -0.3 is 4.74 Å². The van der Waals surface area contributed by atoms with Crippen LogP contribution < -0.4 is 0 Å². The molecule has 0 radical (unpaired) electrons. The first-order chi connectivity index (χ1) is 11.6. The average Bonchev–Trinajstić information content (AvgIpc) is 2.62. The van der Waals surface area contributed by atoms with Crippen molar-refractivity contribution in [2.75, 3.05) is 39.4 Å². The van der Waals surface area contributed by atoms with Gasteiger partial charge in [-0.05, 0) is 42.9 Å². The molecule has 134 valence electrons. The van der Waals surface area contributed by atoms with Crippen molar-refractivity contribution in [3.05, 3.63) is 29.8 Å². The van der Waals surface area contributed by atoms with Crippen molar-refractivity contribution in [1.29, 1.82) is 0 Å². The lowest BCUT2D eigenvalue weighted by molar-refractivity contribution is 0.0750. The van der Waals surface area contributed by atoms with Gasteiger partial charge >= 0.3 is 0 Å². The summed E-state index contributed by atoms with van der Waals surface area (Å²) >= 11 is 0. The molecule has 1 aromatic rings. The Bertz CT molecular complexity index is 574. The summed E-state index contributed by atoms with van der Waals surface area (Å²) in [5, 5.41) is 0. The van der Waals surface area contributed by atoms with Crippen molar-refractivity contribution in [2.24, 2.45) is 5.41 Å². The van der Waals surface area contributed by atoms with Crippen LogP contribution in [0.1, 0.15) is 38.7 Å². The Labute approximate surface area is 148 Å². The predicted molar refractivity (Wildman–Crippen MR) is 98.2 cm³/mol. The van der Waals surface area contributed by atoms with Gasteiger partial charge in [-0.25, -0.2) is 8.51 Å². The monoisotopic (exact) mass is 350 g/mol. The molecule has 2 aliphatic heterocycles. The molecule has 0 amide bonds. The highest BCUT2D eigenvalue weighted by Crippen LogP contribution is 2.33. The van der Waals surface area contributed by atoms with Gasteiger partial charge in [0.2, 0.25) is 0 Å². The van der Waals surface area contributed by atoms with E-state index in [0.717, 1.165) is 37.6 Å². The van der Waals surface area contributed by atoms with E-state index in [1.54, 1.807) is 0 Å². The van der Waals surface area contributed by atoms with Crippen molar-refractivity contribution in [3.63, 3.8) is 0 Å². The molecule has 2 aliphatic rings. The highest BCUT2D eigenvalue weighted by molar-refractivity contribution is 7.82. The van der Waals surface area contributed by atoms with Gasteiger partial charge in [0.1, 0.15) is 11.0 Å². The van der Waals surface area contributed by atoms with Gasteiger partial charge in [0.25, 0.3) is 0 Å². The van der Waals surface area contributed by atoms with Crippen LogP contribution in [0.3, 0.4) is 0 Å². The molecule has 2 heterocycles. The van der Waals surface area contributed by atoms with Crippen LogP contribution in [0.5, 0.6) is 0 Å². The Morgan fingerprint density at radius 3 is 2.71 bits per heavy atom. The molecule has 2 atom stereocenters. The Morgan fingerprint density at radius 1 is 1.21 bits per heavy atom. The first-order valence-corrected chi connectivity index (χ1v) is 10.3. The van der Waals surface area contributed by atoms with E-state index in [4.69, 9.17) is 4.74 Å². The van der Waals surface area contributed by atoms with Gasteiger partial charge in [0.15, 0.2) is 0 Å². The second-order valence-corrected chi connectivity index (χ2v) is 8.83. The Balaban J connectivity index is 1.73. The lowest BCUT2D eigenvalue weighted by Gasteiger charge is -2.40. The van der Waals surface area contributed by atoms with Crippen molar-refractivity contribution >= 4 is 11.0 Å². The smallest absolute Gasteiger partial charge is 0.128 e. The highest BCUT2D eigenvalue weighted by atomic mass is 32.2. The maximum Gasteiger partial charge on any atom is 0.128 e. The minimum atomic E-state index is -1.08. The molecule has 2 fully saturated rings. The van der Waals surface area contributed by atoms with E-state index in [9.17, 15) is 4.21 Å². The lowest BCUT2D eigenvalue weighted by Crippen LogP contribution is -2.41. The summed E-state index contributed by atoms with van der Waals surface area (Å²) in [6.45, 7) is 10.7. The van der Waals surface area contributed by atoms with E-state index in [0.29, 0.717) is 18.6 Å². The lowest BCUT2D eigenvalue weighted by atomic mass is 9.79. The zero-order valence-electron chi connectivity index (χ0n) is 15.0. The average molecular weight is 351 g/mol. The van der Waals surface area contributed by atoms with Crippen molar-refractivity contribution in [1.82, 2.24) is 9.21 Å². The zero-order chi connectivity index (χ0) is 17.0. The number of rotatable bonds is 5. The fourth-order valence-corrected chi connectivity index (χ4v) is 5.06. The number of benzene rings is 1. The molecular formula is C19H30N2O2S. The van der Waals surface area contributed by atoms with Gasteiger partial charge in [0, 0.05) is 26.2 Å². The molecule has 2 saturated heterocycles. The molecule has 0 N–H and O–H groups in total. The van der Waals surface area contributed by atoms with Crippen LogP contribution >= 0.6 is 0 Å². The zero-order valence-corrected chi connectivity index (χ0v) is 15.8. The van der Waals surface area contributed by atoms with Crippen LogP contribution in [0, 0.1) is 5.41 Å². The number of likely N-dealkylation sites (tertiary alicyclic amines) is 1. The maximum atomic E-state index is 13.0. The fraction of sp³-hybridized carbons (Fsp3) is 0.684. The molecule has 24 heavy (non-hydrogen) atoms. The van der Waals surface area contributed by atoms with Gasteiger partial charge in [-0.3, -0.25) is 4.90 Å². The van der Waals surface area contributed by atoms with E-state index < -0.39 is 11.0 Å². The van der Waals surface area contributed by atoms with Crippen LogP contribution in [-0.2, 0) is 22.3 Å². The topological polar surface area (TPSA) is 32.8 Å². The summed E-state index contributed by atoms with van der Waals surface area (Å²) in [6.07, 6.45) is 3.81. The summed E-state index contributed by atoms with van der Waals surface area (Å²) in [7, 11) is -1.08. The molecule has 5 heteroatoms. The number of nitrogens with zero attached hydrogens (tertiary/aromatic N) is 2. The first-order valence-electron chi connectivity index (χ1n) is 9.16. The van der Waals surface area contributed by atoms with Gasteiger partial charge in [0.05, 0.1) is 18.1 Å². The van der Waals surface area contributed by atoms with Gasteiger partial charge in [-0.2, -0.15) is 0 Å². The normalized spacial score (nSPS) is 27.9. The Morgan fingerprint density at radius 2 is 1.96 bits per heavy atom. The standard InChI is InChI=1S/C19H30N2O2S/c1-3-19(2)9-6-10-20(16-19)15-17-7-4-5-8-18(17)24(22)21-11-13-23-14-12-21/h4-5,7-8H,3,6,9-16H2,1-2H3. The molecule has 0 spiro atoms. The summed E-state index contributed by atoms with van der Waals surface area (Å²) < 4.78 is 20.4. The molecule has 1 aromatic carbocycles. The predicted octanol–water partition coefficient (Wildman–Crippen LogP) is 3.05. The van der Waals surface area contributed by atoms with E-state index >= 15 is 0 Å². The number of hydrogen-bond acceptors (Lipinski definition) is 3. The molecular weight excluding hydrogens is 320 g/mol. The van der Waals surface area contributed by atoms with Crippen LogP contribution in [0.15, 0.2) is 29.2 Å². The number of morpholine rings is 1. The number of ether oxygens (including phenoxy) is 1. The quantitative estimate of drug-likeness (QED) is 0.818. The van der Waals surface area contributed by atoms with Crippen LogP contribution in [-0.4, -0.2) is 52.8 Å². The fourth-order valence-electron chi connectivity index (χ4n) is 3.75. The third-order valence-corrected chi connectivity index (χ3v) is 7.08. The van der Waals surface area contributed by atoms with Crippen molar-refractivity contribution < 1.29 is 8.95 Å². The van der Waals surface area contributed by atoms with Crippen LogP contribution in [0.2, 0.25) is 0 Å². The van der Waals surface area contributed by atoms with Crippen LogP contribution in [0.25, 0.3) is 0 Å². The van der Waals surface area contributed by atoms with E-state index in [-0.39, 0.29) is 0 Å². The second-order valence-electron chi connectivity index (χ2n) is 7.38. The maximum absolute atomic E-state index is 13.0. The molecule has 4 nitrogen and oxygen atoms in total. The number of hydrogen-bond donors (Lipinski definition) is 0. The molecule has 0 saturated carbocycles. The molecule has 2 unspecified atom stereocenters. The third-order valence-electron chi connectivity index (χ3n) is 5.47. The molecule has 0 aromatic heterocycles.